The second-order valence-corrected chi connectivity index (χ2v) is 13.8. The van der Waals surface area contributed by atoms with Gasteiger partial charge in [0.15, 0.2) is 0 Å². The molecule has 0 bridgehead atoms. The largest absolute Gasteiger partial charge is 0.495 e. The van der Waals surface area contributed by atoms with Crippen LogP contribution in [0.5, 0.6) is 5.75 Å². The number of carbonyl (C=O) groups is 2. The van der Waals surface area contributed by atoms with Gasteiger partial charge < -0.3 is 15.0 Å². The zero-order valence-electron chi connectivity index (χ0n) is 24.6. The Morgan fingerprint density at radius 2 is 1.54 bits per heavy atom. The summed E-state index contributed by atoms with van der Waals surface area (Å²) >= 11 is 3.42. The number of hydrogen-bond donors (Lipinski definition) is 1. The average molecular weight is 645 g/mol. The summed E-state index contributed by atoms with van der Waals surface area (Å²) in [5, 5.41) is 2.93. The number of methoxy groups -OCH3 is 1. The van der Waals surface area contributed by atoms with E-state index in [0.29, 0.717) is 5.75 Å². The van der Waals surface area contributed by atoms with Gasteiger partial charge in [-0.1, -0.05) is 51.8 Å². The second-order valence-electron chi connectivity index (χ2n) is 11.1. The molecule has 41 heavy (non-hydrogen) atoms. The van der Waals surface area contributed by atoms with Crippen LogP contribution in [0.1, 0.15) is 44.4 Å². The van der Waals surface area contributed by atoms with Gasteiger partial charge in [0.1, 0.15) is 18.3 Å². The van der Waals surface area contributed by atoms with E-state index in [4.69, 9.17) is 4.74 Å². The molecule has 0 aliphatic heterocycles. The van der Waals surface area contributed by atoms with Crippen LogP contribution in [-0.4, -0.2) is 50.4 Å². The fourth-order valence-electron chi connectivity index (χ4n) is 4.19. The Balaban J connectivity index is 2.10. The van der Waals surface area contributed by atoms with Crippen molar-refractivity contribution in [3.05, 3.63) is 87.9 Å². The number of rotatable bonds is 10. The molecule has 220 valence electrons. The van der Waals surface area contributed by atoms with Crippen molar-refractivity contribution in [3.63, 3.8) is 0 Å². The van der Waals surface area contributed by atoms with Gasteiger partial charge in [-0.05, 0) is 89.1 Å². The first-order valence-electron chi connectivity index (χ1n) is 13.2. The summed E-state index contributed by atoms with van der Waals surface area (Å²) in [6.07, 6.45) is 0. The van der Waals surface area contributed by atoms with Gasteiger partial charge in [0.2, 0.25) is 11.8 Å². The SMILES string of the molecule is COc1ccc(C)cc1N(CC(=O)N(Cc1ccc(Br)cc1)C(C)C(=O)NC(C)(C)C)S(=O)(=O)c1ccc(C)cc1. The number of aryl methyl sites for hydroxylation is 2. The summed E-state index contributed by atoms with van der Waals surface area (Å²) in [7, 11) is -2.75. The van der Waals surface area contributed by atoms with Crippen LogP contribution in [0, 0.1) is 13.8 Å². The van der Waals surface area contributed by atoms with Crippen molar-refractivity contribution in [1.82, 2.24) is 10.2 Å². The standard InChI is InChI=1S/C31H38BrN3O5S/c1-21-8-15-26(16-9-21)41(38,39)35(27-18-22(2)10-17-28(27)40-7)20-29(36)34(19-24-11-13-25(32)14-12-24)23(3)30(37)33-31(4,5)6/h8-18,23H,19-20H2,1-7H3,(H,33,37). The molecule has 0 radical (unpaired) electrons. The first-order chi connectivity index (χ1) is 19.1. The Hall–Kier alpha value is -3.37. The maximum atomic E-state index is 14.1. The number of nitrogens with one attached hydrogen (secondary N) is 1. The molecule has 0 spiro atoms. The highest BCUT2D eigenvalue weighted by molar-refractivity contribution is 9.10. The van der Waals surface area contributed by atoms with Gasteiger partial charge in [-0.15, -0.1) is 0 Å². The molecule has 0 heterocycles. The van der Waals surface area contributed by atoms with E-state index in [0.717, 1.165) is 25.5 Å². The van der Waals surface area contributed by atoms with Crippen molar-refractivity contribution in [1.29, 1.82) is 0 Å². The van der Waals surface area contributed by atoms with Gasteiger partial charge in [-0.2, -0.15) is 0 Å². The number of benzene rings is 3. The fourth-order valence-corrected chi connectivity index (χ4v) is 5.87. The smallest absolute Gasteiger partial charge is 0.264 e. The van der Waals surface area contributed by atoms with Gasteiger partial charge in [0, 0.05) is 16.6 Å². The third-order valence-electron chi connectivity index (χ3n) is 6.42. The quantitative estimate of drug-likeness (QED) is 0.310. The minimum absolute atomic E-state index is 0.0393. The molecule has 0 aliphatic rings. The van der Waals surface area contributed by atoms with E-state index >= 15 is 0 Å². The number of hydrogen-bond acceptors (Lipinski definition) is 5. The molecule has 3 aromatic carbocycles. The minimum atomic E-state index is -4.20. The van der Waals surface area contributed by atoms with E-state index in [1.165, 1.54) is 24.1 Å². The van der Waals surface area contributed by atoms with Crippen LogP contribution in [-0.2, 0) is 26.2 Å². The number of halogens is 1. The molecular formula is C31H38BrN3O5S. The maximum Gasteiger partial charge on any atom is 0.264 e. The molecule has 0 saturated heterocycles. The molecule has 1 N–H and O–H groups in total. The van der Waals surface area contributed by atoms with Crippen molar-refractivity contribution < 1.29 is 22.7 Å². The average Bonchev–Trinajstić information content (AvgIpc) is 2.90. The summed E-state index contributed by atoms with van der Waals surface area (Å²) in [6, 6.07) is 18.1. The maximum absolute atomic E-state index is 14.1. The molecular weight excluding hydrogens is 606 g/mol. The number of sulfonamides is 1. The molecule has 2 amide bonds. The Labute approximate surface area is 251 Å². The van der Waals surface area contributed by atoms with E-state index < -0.39 is 34.1 Å². The summed E-state index contributed by atoms with van der Waals surface area (Å²) < 4.78 is 35.6. The summed E-state index contributed by atoms with van der Waals surface area (Å²) in [6.45, 7) is 10.5. The van der Waals surface area contributed by atoms with E-state index in [-0.39, 0.29) is 23.0 Å². The zero-order valence-corrected chi connectivity index (χ0v) is 27.0. The van der Waals surface area contributed by atoms with Crippen LogP contribution < -0.4 is 14.4 Å². The Bertz CT molecular complexity index is 1480. The lowest BCUT2D eigenvalue weighted by Crippen LogP contribution is -2.54. The first-order valence-corrected chi connectivity index (χ1v) is 15.5. The van der Waals surface area contributed by atoms with Gasteiger partial charge in [0.25, 0.3) is 10.0 Å². The normalized spacial score (nSPS) is 12.4. The number of ether oxygens (including phenoxy) is 1. The predicted molar refractivity (Wildman–Crippen MR) is 165 cm³/mol. The molecule has 3 rings (SSSR count). The van der Waals surface area contributed by atoms with Crippen molar-refractivity contribution >= 4 is 43.5 Å². The van der Waals surface area contributed by atoms with Crippen LogP contribution in [0.4, 0.5) is 5.69 Å². The number of carbonyl (C=O) groups excluding carboxylic acids is 2. The highest BCUT2D eigenvalue weighted by Crippen LogP contribution is 2.34. The van der Waals surface area contributed by atoms with E-state index in [1.807, 2.05) is 58.9 Å². The van der Waals surface area contributed by atoms with Crippen molar-refractivity contribution in [2.24, 2.45) is 0 Å². The van der Waals surface area contributed by atoms with Crippen LogP contribution in [0.3, 0.4) is 0 Å². The predicted octanol–water partition coefficient (Wildman–Crippen LogP) is 5.60. The lowest BCUT2D eigenvalue weighted by Gasteiger charge is -2.33. The second kappa shape index (κ2) is 13.1. The minimum Gasteiger partial charge on any atom is -0.495 e. The molecule has 8 nitrogen and oxygen atoms in total. The van der Waals surface area contributed by atoms with Crippen molar-refractivity contribution in [3.8, 4) is 5.75 Å². The number of amides is 2. The molecule has 0 saturated carbocycles. The Morgan fingerprint density at radius 1 is 0.951 bits per heavy atom. The molecule has 1 atom stereocenters. The fraction of sp³-hybridized carbons (Fsp3) is 0.355. The molecule has 10 heteroatoms. The molecule has 0 fully saturated rings. The van der Waals surface area contributed by atoms with E-state index in [2.05, 4.69) is 21.2 Å². The molecule has 0 aromatic heterocycles. The van der Waals surface area contributed by atoms with Crippen LogP contribution in [0.25, 0.3) is 0 Å². The number of anilines is 1. The monoisotopic (exact) mass is 643 g/mol. The van der Waals surface area contributed by atoms with Crippen LogP contribution in [0.2, 0.25) is 0 Å². The van der Waals surface area contributed by atoms with Gasteiger partial charge in [-0.25, -0.2) is 8.42 Å². The topological polar surface area (TPSA) is 96.0 Å². The first kappa shape index (κ1) is 32.1. The van der Waals surface area contributed by atoms with Crippen LogP contribution >= 0.6 is 15.9 Å². The highest BCUT2D eigenvalue weighted by Gasteiger charge is 2.34. The lowest BCUT2D eigenvalue weighted by atomic mass is 10.1. The summed E-state index contributed by atoms with van der Waals surface area (Å²) in [5.41, 5.74) is 2.20. The van der Waals surface area contributed by atoms with Gasteiger partial charge >= 0.3 is 0 Å². The highest BCUT2D eigenvalue weighted by atomic mass is 79.9. The van der Waals surface area contributed by atoms with Crippen molar-refractivity contribution in [2.75, 3.05) is 18.0 Å². The van der Waals surface area contributed by atoms with E-state index in [9.17, 15) is 18.0 Å². The Morgan fingerprint density at radius 3 is 2.10 bits per heavy atom. The third kappa shape index (κ3) is 8.33. The van der Waals surface area contributed by atoms with E-state index in [1.54, 1.807) is 37.3 Å². The zero-order chi connectivity index (χ0) is 30.5. The van der Waals surface area contributed by atoms with Crippen LogP contribution in [0.15, 0.2) is 76.1 Å². The van der Waals surface area contributed by atoms with Gasteiger partial charge in [0.05, 0.1) is 17.7 Å². The molecule has 0 aliphatic carbocycles. The van der Waals surface area contributed by atoms with Crippen molar-refractivity contribution in [2.45, 2.75) is 64.6 Å². The summed E-state index contributed by atoms with van der Waals surface area (Å²) in [4.78, 5) is 28.8. The lowest BCUT2D eigenvalue weighted by molar-refractivity contribution is -0.140. The Kier molecular flexibility index (Phi) is 10.3. The third-order valence-corrected chi connectivity index (χ3v) is 8.73. The van der Waals surface area contributed by atoms with Gasteiger partial charge in [-0.3, -0.25) is 13.9 Å². The molecule has 3 aromatic rings. The summed E-state index contributed by atoms with van der Waals surface area (Å²) in [5.74, 6) is -0.579. The number of nitrogens with zero attached hydrogens (tertiary/aromatic N) is 2. The molecule has 1 unspecified atom stereocenters.